The van der Waals surface area contributed by atoms with E-state index in [4.69, 9.17) is 0 Å². The van der Waals surface area contributed by atoms with Gasteiger partial charge in [0, 0.05) is 13.0 Å². The summed E-state index contributed by atoms with van der Waals surface area (Å²) in [6, 6.07) is 0. The lowest BCUT2D eigenvalue weighted by Crippen LogP contribution is -2.45. The van der Waals surface area contributed by atoms with Crippen molar-refractivity contribution >= 4 is 15.9 Å². The summed E-state index contributed by atoms with van der Waals surface area (Å²) in [6.07, 6.45) is 4.89. The summed E-state index contributed by atoms with van der Waals surface area (Å²) in [5, 5.41) is 15.8. The normalized spacial score (nSPS) is 30.7. The Kier molecular flexibility index (Phi) is 4.96. The number of aliphatic hydroxyl groups is 1. The molecular formula is C16H27BrN2O. The van der Waals surface area contributed by atoms with E-state index in [9.17, 15) is 5.11 Å². The van der Waals surface area contributed by atoms with Crippen LogP contribution in [0.2, 0.25) is 0 Å². The molecule has 1 aromatic rings. The number of rotatable bonds is 4. The van der Waals surface area contributed by atoms with Gasteiger partial charge in [0.25, 0.3) is 0 Å². The summed E-state index contributed by atoms with van der Waals surface area (Å²) in [5.41, 5.74) is 1.67. The van der Waals surface area contributed by atoms with Crippen LogP contribution in [0.1, 0.15) is 58.3 Å². The zero-order chi connectivity index (χ0) is 14.9. The van der Waals surface area contributed by atoms with E-state index in [0.29, 0.717) is 18.3 Å². The number of hydrogen-bond donors (Lipinski definition) is 1. The topological polar surface area (TPSA) is 38.0 Å². The van der Waals surface area contributed by atoms with Crippen molar-refractivity contribution in [1.29, 1.82) is 0 Å². The standard InChI is InChI=1S/C16H27BrN2O/c1-5-13-15(17)14(19(6-2)18-13)10-16(20)9-7-8-11(3)12(16)4/h11-12,20H,5-10H2,1-4H3. The van der Waals surface area contributed by atoms with Gasteiger partial charge in [-0.25, -0.2) is 0 Å². The maximum Gasteiger partial charge on any atom is 0.0766 e. The Balaban J connectivity index is 2.31. The molecule has 0 spiro atoms. The fraction of sp³-hybridized carbons (Fsp3) is 0.812. The first-order valence-electron chi connectivity index (χ1n) is 7.89. The first kappa shape index (κ1) is 16.0. The smallest absolute Gasteiger partial charge is 0.0766 e. The van der Waals surface area contributed by atoms with E-state index in [-0.39, 0.29) is 0 Å². The van der Waals surface area contributed by atoms with Crippen LogP contribution in [0.4, 0.5) is 0 Å². The average molecular weight is 343 g/mol. The summed E-state index contributed by atoms with van der Waals surface area (Å²) >= 11 is 3.69. The lowest BCUT2D eigenvalue weighted by atomic mass is 9.69. The molecule has 0 saturated heterocycles. The van der Waals surface area contributed by atoms with Crippen molar-refractivity contribution < 1.29 is 5.11 Å². The van der Waals surface area contributed by atoms with Gasteiger partial charge in [-0.05, 0) is 47.5 Å². The summed E-state index contributed by atoms with van der Waals surface area (Å²) in [5.74, 6) is 0.935. The Hall–Kier alpha value is -0.350. The molecule has 2 rings (SSSR count). The number of aromatic nitrogens is 2. The molecule has 4 heteroatoms. The molecule has 114 valence electrons. The van der Waals surface area contributed by atoms with Crippen LogP contribution in [0, 0.1) is 11.8 Å². The third-order valence-electron chi connectivity index (χ3n) is 5.14. The predicted molar refractivity (Wildman–Crippen MR) is 85.8 cm³/mol. The predicted octanol–water partition coefficient (Wildman–Crippen LogP) is 3.96. The molecule has 0 aromatic carbocycles. The zero-order valence-electron chi connectivity index (χ0n) is 13.1. The molecule has 0 radical (unpaired) electrons. The highest BCUT2D eigenvalue weighted by Crippen LogP contribution is 2.41. The molecule has 1 fully saturated rings. The van der Waals surface area contributed by atoms with Crippen LogP contribution in [0.3, 0.4) is 0 Å². The van der Waals surface area contributed by atoms with Gasteiger partial charge >= 0.3 is 0 Å². The maximum atomic E-state index is 11.1. The van der Waals surface area contributed by atoms with E-state index in [1.54, 1.807) is 0 Å². The van der Waals surface area contributed by atoms with Gasteiger partial charge in [0.15, 0.2) is 0 Å². The van der Waals surface area contributed by atoms with Crippen LogP contribution in [-0.4, -0.2) is 20.5 Å². The van der Waals surface area contributed by atoms with Gasteiger partial charge in [-0.1, -0.05) is 33.6 Å². The Morgan fingerprint density at radius 1 is 1.40 bits per heavy atom. The van der Waals surface area contributed by atoms with Crippen molar-refractivity contribution in [2.24, 2.45) is 11.8 Å². The zero-order valence-corrected chi connectivity index (χ0v) is 14.7. The van der Waals surface area contributed by atoms with E-state index in [1.807, 2.05) is 4.68 Å². The largest absolute Gasteiger partial charge is 0.389 e. The summed E-state index contributed by atoms with van der Waals surface area (Å²) in [6.45, 7) is 9.55. The van der Waals surface area contributed by atoms with Crippen molar-refractivity contribution in [3.8, 4) is 0 Å². The first-order chi connectivity index (χ1) is 9.42. The molecule has 0 amide bonds. The second-order valence-electron chi connectivity index (χ2n) is 6.32. The van der Waals surface area contributed by atoms with Crippen LogP contribution in [-0.2, 0) is 19.4 Å². The van der Waals surface area contributed by atoms with E-state index in [2.05, 4.69) is 48.7 Å². The lowest BCUT2D eigenvalue weighted by molar-refractivity contribution is -0.0634. The molecular weight excluding hydrogens is 316 g/mol. The fourth-order valence-electron chi connectivity index (χ4n) is 3.46. The van der Waals surface area contributed by atoms with Crippen molar-refractivity contribution in [3.63, 3.8) is 0 Å². The van der Waals surface area contributed by atoms with Crippen LogP contribution >= 0.6 is 15.9 Å². The van der Waals surface area contributed by atoms with Gasteiger partial charge in [-0.2, -0.15) is 5.10 Å². The first-order valence-corrected chi connectivity index (χ1v) is 8.68. The van der Waals surface area contributed by atoms with E-state index in [0.717, 1.165) is 41.7 Å². The van der Waals surface area contributed by atoms with E-state index in [1.165, 1.54) is 6.42 Å². The lowest BCUT2D eigenvalue weighted by Gasteiger charge is -2.42. The SMILES string of the molecule is CCc1nn(CC)c(CC2(O)CCCC(C)C2C)c1Br. The quantitative estimate of drug-likeness (QED) is 0.899. The van der Waals surface area contributed by atoms with Crippen molar-refractivity contribution in [1.82, 2.24) is 9.78 Å². The van der Waals surface area contributed by atoms with Crippen LogP contribution < -0.4 is 0 Å². The number of hydrogen-bond acceptors (Lipinski definition) is 2. The molecule has 0 aliphatic heterocycles. The molecule has 3 unspecified atom stereocenters. The molecule has 3 atom stereocenters. The minimum absolute atomic E-state index is 0.341. The minimum atomic E-state index is -0.585. The highest BCUT2D eigenvalue weighted by Gasteiger charge is 2.41. The number of aryl methyl sites for hydroxylation is 2. The number of halogens is 1. The highest BCUT2D eigenvalue weighted by atomic mass is 79.9. The van der Waals surface area contributed by atoms with Gasteiger partial charge in [0.1, 0.15) is 0 Å². The number of nitrogens with zero attached hydrogens (tertiary/aromatic N) is 2. The van der Waals surface area contributed by atoms with Crippen LogP contribution in [0.25, 0.3) is 0 Å². The van der Waals surface area contributed by atoms with Crippen molar-refractivity contribution in [3.05, 3.63) is 15.9 Å². The second kappa shape index (κ2) is 6.18. The minimum Gasteiger partial charge on any atom is -0.389 e. The third kappa shape index (κ3) is 2.82. The molecule has 0 bridgehead atoms. The summed E-state index contributed by atoms with van der Waals surface area (Å²) < 4.78 is 3.15. The van der Waals surface area contributed by atoms with Gasteiger partial charge in [-0.3, -0.25) is 4.68 Å². The molecule has 3 nitrogen and oxygen atoms in total. The van der Waals surface area contributed by atoms with Gasteiger partial charge in [0.2, 0.25) is 0 Å². The third-order valence-corrected chi connectivity index (χ3v) is 6.05. The Morgan fingerprint density at radius 2 is 2.10 bits per heavy atom. The maximum absolute atomic E-state index is 11.1. The molecule has 1 aliphatic rings. The van der Waals surface area contributed by atoms with Crippen LogP contribution in [0.5, 0.6) is 0 Å². The highest BCUT2D eigenvalue weighted by molar-refractivity contribution is 9.10. The summed E-state index contributed by atoms with van der Waals surface area (Å²) in [4.78, 5) is 0. The Bertz CT molecular complexity index is 471. The molecule has 1 saturated carbocycles. The molecule has 1 heterocycles. The second-order valence-corrected chi connectivity index (χ2v) is 7.11. The van der Waals surface area contributed by atoms with Crippen LogP contribution in [0.15, 0.2) is 4.47 Å². The summed E-state index contributed by atoms with van der Waals surface area (Å²) in [7, 11) is 0. The molecule has 1 N–H and O–H groups in total. The van der Waals surface area contributed by atoms with Gasteiger partial charge < -0.3 is 5.11 Å². The Labute approximate surface area is 130 Å². The van der Waals surface area contributed by atoms with Crippen molar-refractivity contribution in [2.75, 3.05) is 0 Å². The van der Waals surface area contributed by atoms with Gasteiger partial charge in [-0.15, -0.1) is 0 Å². The van der Waals surface area contributed by atoms with Crippen molar-refractivity contribution in [2.45, 2.75) is 71.9 Å². The average Bonchev–Trinajstić information content (AvgIpc) is 2.72. The molecule has 1 aliphatic carbocycles. The van der Waals surface area contributed by atoms with E-state index < -0.39 is 5.60 Å². The Morgan fingerprint density at radius 3 is 2.70 bits per heavy atom. The monoisotopic (exact) mass is 342 g/mol. The fourth-order valence-corrected chi connectivity index (χ4v) is 4.17. The molecule has 1 aromatic heterocycles. The van der Waals surface area contributed by atoms with Gasteiger partial charge in [0.05, 0.1) is 21.5 Å². The van der Waals surface area contributed by atoms with E-state index >= 15 is 0 Å². The molecule has 20 heavy (non-hydrogen) atoms.